The summed E-state index contributed by atoms with van der Waals surface area (Å²) in [7, 11) is 0. The van der Waals surface area contributed by atoms with Gasteiger partial charge >= 0.3 is 0 Å². The van der Waals surface area contributed by atoms with E-state index in [-0.39, 0.29) is 0 Å². The van der Waals surface area contributed by atoms with Crippen molar-refractivity contribution in [2.24, 2.45) is 5.92 Å². The van der Waals surface area contributed by atoms with Gasteiger partial charge in [-0.2, -0.15) is 5.10 Å². The highest BCUT2D eigenvalue weighted by Gasteiger charge is 2.21. The molecule has 1 atom stereocenters. The van der Waals surface area contributed by atoms with Gasteiger partial charge < -0.3 is 5.32 Å². The number of rotatable bonds is 4. The largest absolute Gasteiger partial charge is 0.382 e. The van der Waals surface area contributed by atoms with Crippen LogP contribution in [0.4, 0.5) is 5.69 Å². The van der Waals surface area contributed by atoms with Crippen molar-refractivity contribution in [1.82, 2.24) is 9.78 Å². The number of aromatic nitrogens is 2. The maximum atomic E-state index is 4.24. The minimum Gasteiger partial charge on any atom is -0.382 e. The maximum absolute atomic E-state index is 4.24. The predicted molar refractivity (Wildman–Crippen MR) is 78.6 cm³/mol. The molecule has 3 nitrogen and oxygen atoms in total. The van der Waals surface area contributed by atoms with Gasteiger partial charge in [-0.1, -0.05) is 12.8 Å². The van der Waals surface area contributed by atoms with Crippen LogP contribution in [0.3, 0.4) is 0 Å². The Balaban J connectivity index is 1.65. The van der Waals surface area contributed by atoms with Crippen molar-refractivity contribution in [2.45, 2.75) is 38.6 Å². The fourth-order valence-corrected chi connectivity index (χ4v) is 2.97. The molecule has 100 valence electrons. The van der Waals surface area contributed by atoms with E-state index < -0.39 is 0 Å². The molecule has 2 aromatic rings. The van der Waals surface area contributed by atoms with E-state index in [0.29, 0.717) is 6.04 Å². The van der Waals surface area contributed by atoms with Crippen LogP contribution >= 0.6 is 0 Å². The molecule has 3 heteroatoms. The quantitative estimate of drug-likeness (QED) is 0.899. The predicted octanol–water partition coefficient (Wildman–Crippen LogP) is 3.86. The molecule has 1 aliphatic rings. The molecule has 1 aromatic carbocycles. The standard InChI is InChI=1S/C16H21N3/c1-13(14-5-2-3-6-14)18-15-7-9-16(10-8-15)19-12-4-11-17-19/h4,7-14,18H,2-3,5-6H2,1H3. The number of hydrogen-bond acceptors (Lipinski definition) is 2. The first kappa shape index (κ1) is 12.3. The summed E-state index contributed by atoms with van der Waals surface area (Å²) in [6.07, 6.45) is 9.31. The van der Waals surface area contributed by atoms with Gasteiger partial charge in [0.1, 0.15) is 0 Å². The lowest BCUT2D eigenvalue weighted by Gasteiger charge is -2.21. The summed E-state index contributed by atoms with van der Waals surface area (Å²) in [5, 5.41) is 7.86. The molecule has 1 saturated carbocycles. The Labute approximate surface area is 114 Å². The number of nitrogens with one attached hydrogen (secondary N) is 1. The Hall–Kier alpha value is -1.77. The zero-order valence-electron chi connectivity index (χ0n) is 11.4. The molecule has 1 heterocycles. The third-order valence-corrected chi connectivity index (χ3v) is 4.14. The molecular formula is C16H21N3. The molecule has 3 rings (SSSR count). The van der Waals surface area contributed by atoms with Crippen LogP contribution in [0.5, 0.6) is 0 Å². The van der Waals surface area contributed by atoms with Crippen LogP contribution < -0.4 is 5.32 Å². The van der Waals surface area contributed by atoms with E-state index in [1.807, 2.05) is 16.9 Å². The van der Waals surface area contributed by atoms with Crippen LogP contribution in [0, 0.1) is 5.92 Å². The van der Waals surface area contributed by atoms with E-state index in [1.165, 1.54) is 31.4 Å². The highest BCUT2D eigenvalue weighted by Crippen LogP contribution is 2.29. The molecule has 0 aliphatic heterocycles. The minimum absolute atomic E-state index is 0.568. The third kappa shape index (κ3) is 2.80. The van der Waals surface area contributed by atoms with Gasteiger partial charge in [-0.15, -0.1) is 0 Å². The van der Waals surface area contributed by atoms with Gasteiger partial charge in [-0.3, -0.25) is 0 Å². The van der Waals surface area contributed by atoms with Crippen molar-refractivity contribution in [2.75, 3.05) is 5.32 Å². The van der Waals surface area contributed by atoms with Crippen LogP contribution in [0.25, 0.3) is 5.69 Å². The van der Waals surface area contributed by atoms with E-state index in [2.05, 4.69) is 41.6 Å². The van der Waals surface area contributed by atoms with E-state index in [0.717, 1.165) is 11.6 Å². The number of hydrogen-bond donors (Lipinski definition) is 1. The monoisotopic (exact) mass is 255 g/mol. The summed E-state index contributed by atoms with van der Waals surface area (Å²) >= 11 is 0. The molecule has 1 N–H and O–H groups in total. The summed E-state index contributed by atoms with van der Waals surface area (Å²) in [4.78, 5) is 0. The van der Waals surface area contributed by atoms with E-state index in [9.17, 15) is 0 Å². The van der Waals surface area contributed by atoms with E-state index in [4.69, 9.17) is 0 Å². The van der Waals surface area contributed by atoms with Crippen LogP contribution in [0.1, 0.15) is 32.6 Å². The third-order valence-electron chi connectivity index (χ3n) is 4.14. The van der Waals surface area contributed by atoms with Crippen molar-refractivity contribution in [3.63, 3.8) is 0 Å². The van der Waals surface area contributed by atoms with Gasteiger partial charge in [-0.05, 0) is 56.0 Å². The highest BCUT2D eigenvalue weighted by atomic mass is 15.3. The Bertz CT molecular complexity index is 495. The molecule has 1 unspecified atom stereocenters. The first-order valence-electron chi connectivity index (χ1n) is 7.19. The van der Waals surface area contributed by atoms with Crippen molar-refractivity contribution in [3.05, 3.63) is 42.7 Å². The van der Waals surface area contributed by atoms with Crippen LogP contribution in [-0.4, -0.2) is 15.8 Å². The molecule has 0 spiro atoms. The van der Waals surface area contributed by atoms with Gasteiger partial charge in [0.25, 0.3) is 0 Å². The van der Waals surface area contributed by atoms with Gasteiger partial charge in [0, 0.05) is 24.1 Å². The SMILES string of the molecule is CC(Nc1ccc(-n2cccn2)cc1)C1CCCC1. The molecule has 0 bridgehead atoms. The molecule has 1 aromatic heterocycles. The normalized spacial score (nSPS) is 17.5. The van der Waals surface area contributed by atoms with E-state index >= 15 is 0 Å². The zero-order chi connectivity index (χ0) is 13.1. The summed E-state index contributed by atoms with van der Waals surface area (Å²) in [6.45, 7) is 2.30. The van der Waals surface area contributed by atoms with Crippen molar-refractivity contribution < 1.29 is 0 Å². The minimum atomic E-state index is 0.568. The van der Waals surface area contributed by atoms with Gasteiger partial charge in [0.15, 0.2) is 0 Å². The summed E-state index contributed by atoms with van der Waals surface area (Å²) < 4.78 is 1.88. The average Bonchev–Trinajstić information content (AvgIpc) is 3.13. The summed E-state index contributed by atoms with van der Waals surface area (Å²) in [5.41, 5.74) is 2.30. The number of benzene rings is 1. The Morgan fingerprint density at radius 3 is 2.58 bits per heavy atom. The number of nitrogens with zero attached hydrogens (tertiary/aromatic N) is 2. The van der Waals surface area contributed by atoms with Crippen molar-refractivity contribution in [1.29, 1.82) is 0 Å². The smallest absolute Gasteiger partial charge is 0.0647 e. The molecule has 0 amide bonds. The summed E-state index contributed by atoms with van der Waals surface area (Å²) in [6, 6.07) is 11.0. The van der Waals surface area contributed by atoms with E-state index in [1.54, 1.807) is 6.20 Å². The highest BCUT2D eigenvalue weighted by molar-refractivity contribution is 5.49. The lowest BCUT2D eigenvalue weighted by Crippen LogP contribution is -2.23. The molecule has 1 fully saturated rings. The van der Waals surface area contributed by atoms with Crippen molar-refractivity contribution >= 4 is 5.69 Å². The average molecular weight is 255 g/mol. The second kappa shape index (κ2) is 5.47. The fourth-order valence-electron chi connectivity index (χ4n) is 2.97. The van der Waals surface area contributed by atoms with Crippen molar-refractivity contribution in [3.8, 4) is 5.69 Å². The van der Waals surface area contributed by atoms with Gasteiger partial charge in [0.2, 0.25) is 0 Å². The molecule has 1 aliphatic carbocycles. The lowest BCUT2D eigenvalue weighted by molar-refractivity contribution is 0.482. The summed E-state index contributed by atoms with van der Waals surface area (Å²) in [5.74, 6) is 0.839. The second-order valence-electron chi connectivity index (χ2n) is 5.48. The van der Waals surface area contributed by atoms with Gasteiger partial charge in [0.05, 0.1) is 5.69 Å². The first-order valence-corrected chi connectivity index (χ1v) is 7.19. The second-order valence-corrected chi connectivity index (χ2v) is 5.48. The molecule has 0 radical (unpaired) electrons. The maximum Gasteiger partial charge on any atom is 0.0647 e. The Morgan fingerprint density at radius 2 is 1.95 bits per heavy atom. The van der Waals surface area contributed by atoms with Crippen LogP contribution in [0.15, 0.2) is 42.7 Å². The first-order chi connectivity index (χ1) is 9.33. The van der Waals surface area contributed by atoms with Gasteiger partial charge in [-0.25, -0.2) is 4.68 Å². The topological polar surface area (TPSA) is 29.9 Å². The molecular weight excluding hydrogens is 234 g/mol. The number of anilines is 1. The van der Waals surface area contributed by atoms with Crippen LogP contribution in [-0.2, 0) is 0 Å². The Kier molecular flexibility index (Phi) is 3.53. The lowest BCUT2D eigenvalue weighted by atomic mass is 9.99. The zero-order valence-corrected chi connectivity index (χ0v) is 11.4. The Morgan fingerprint density at radius 1 is 1.21 bits per heavy atom. The molecule has 19 heavy (non-hydrogen) atoms. The van der Waals surface area contributed by atoms with Crippen LogP contribution in [0.2, 0.25) is 0 Å². The fraction of sp³-hybridized carbons (Fsp3) is 0.438. The molecule has 0 saturated heterocycles.